The van der Waals surface area contributed by atoms with E-state index in [2.05, 4.69) is 15.9 Å². The molecule has 1 aliphatic heterocycles. The fourth-order valence-corrected chi connectivity index (χ4v) is 3.59. The van der Waals surface area contributed by atoms with Gasteiger partial charge < -0.3 is 4.90 Å². The topological polar surface area (TPSA) is 3.24 Å². The third kappa shape index (κ3) is 3.40. The first-order valence-corrected chi connectivity index (χ1v) is 8.31. The zero-order valence-electron chi connectivity index (χ0n) is 10.5. The van der Waals surface area contributed by atoms with Gasteiger partial charge in [-0.2, -0.15) is 24.9 Å². The van der Waals surface area contributed by atoms with E-state index in [9.17, 15) is 13.2 Å². The van der Waals surface area contributed by atoms with E-state index in [1.165, 1.54) is 6.07 Å². The van der Waals surface area contributed by atoms with Gasteiger partial charge in [0, 0.05) is 35.1 Å². The van der Waals surface area contributed by atoms with Gasteiger partial charge in [0.1, 0.15) is 0 Å². The summed E-state index contributed by atoms with van der Waals surface area (Å²) in [6.45, 7) is 2.65. The molecule has 0 spiro atoms. The monoisotopic (exact) mass is 353 g/mol. The van der Waals surface area contributed by atoms with Crippen LogP contribution in [-0.2, 0) is 11.5 Å². The highest BCUT2D eigenvalue weighted by Crippen LogP contribution is 2.39. The maximum atomic E-state index is 13.2. The number of hydrogen-bond acceptors (Lipinski definition) is 2. The molecule has 1 aliphatic rings. The molecule has 106 valence electrons. The number of halogens is 4. The second kappa shape index (κ2) is 5.95. The molecule has 1 fully saturated rings. The van der Waals surface area contributed by atoms with Crippen LogP contribution in [0.15, 0.2) is 18.2 Å². The molecule has 1 heterocycles. The minimum Gasteiger partial charge on any atom is -0.367 e. The van der Waals surface area contributed by atoms with Crippen LogP contribution in [-0.4, -0.2) is 24.1 Å². The first-order chi connectivity index (χ1) is 8.93. The average Bonchev–Trinajstić information content (AvgIpc) is 2.38. The minimum atomic E-state index is -4.31. The molecule has 6 heteroatoms. The highest BCUT2D eigenvalue weighted by atomic mass is 79.9. The zero-order valence-corrected chi connectivity index (χ0v) is 12.9. The van der Waals surface area contributed by atoms with E-state index >= 15 is 0 Å². The Balaban J connectivity index is 2.43. The van der Waals surface area contributed by atoms with Crippen LogP contribution in [0.1, 0.15) is 18.1 Å². The number of nitrogens with zero attached hydrogens (tertiary/aromatic N) is 1. The van der Waals surface area contributed by atoms with Gasteiger partial charge in [-0.15, -0.1) is 0 Å². The SMILES string of the molecule is CC1CSCCN1c1ccc(CBr)cc1C(F)(F)F. The molecule has 2 rings (SSSR count). The normalized spacial score (nSPS) is 20.7. The summed E-state index contributed by atoms with van der Waals surface area (Å²) in [4.78, 5) is 1.87. The molecule has 0 aromatic heterocycles. The van der Waals surface area contributed by atoms with E-state index in [0.717, 1.165) is 11.5 Å². The Labute approximate surface area is 123 Å². The summed E-state index contributed by atoms with van der Waals surface area (Å²) in [5, 5.41) is 0.432. The van der Waals surface area contributed by atoms with Crippen LogP contribution >= 0.6 is 27.7 Å². The van der Waals surface area contributed by atoms with Crippen molar-refractivity contribution < 1.29 is 13.2 Å². The summed E-state index contributed by atoms with van der Waals surface area (Å²) in [6.07, 6.45) is -4.31. The van der Waals surface area contributed by atoms with Gasteiger partial charge >= 0.3 is 6.18 Å². The van der Waals surface area contributed by atoms with Crippen molar-refractivity contribution >= 4 is 33.4 Å². The summed E-state index contributed by atoms with van der Waals surface area (Å²) < 4.78 is 39.6. The van der Waals surface area contributed by atoms with E-state index < -0.39 is 11.7 Å². The zero-order chi connectivity index (χ0) is 14.0. The van der Waals surface area contributed by atoms with Crippen molar-refractivity contribution in [2.45, 2.75) is 24.5 Å². The van der Waals surface area contributed by atoms with Gasteiger partial charge in [0.2, 0.25) is 0 Å². The molecule has 0 radical (unpaired) electrons. The predicted molar refractivity (Wildman–Crippen MR) is 78.2 cm³/mol. The van der Waals surface area contributed by atoms with E-state index in [0.29, 0.717) is 23.1 Å². The van der Waals surface area contributed by atoms with Gasteiger partial charge in [0.15, 0.2) is 0 Å². The van der Waals surface area contributed by atoms with Gasteiger partial charge in [0.25, 0.3) is 0 Å². The molecule has 1 atom stereocenters. The molecule has 1 aromatic rings. The fraction of sp³-hybridized carbons (Fsp3) is 0.538. The Hall–Kier alpha value is -0.360. The molecule has 1 aromatic carbocycles. The van der Waals surface area contributed by atoms with Gasteiger partial charge in [-0.25, -0.2) is 0 Å². The third-order valence-corrected chi connectivity index (χ3v) is 5.03. The fourth-order valence-electron chi connectivity index (χ4n) is 2.23. The van der Waals surface area contributed by atoms with Crippen molar-refractivity contribution in [1.29, 1.82) is 0 Å². The van der Waals surface area contributed by atoms with Crippen LogP contribution in [0.2, 0.25) is 0 Å². The standard InChI is InChI=1S/C13H15BrF3NS/c1-9-8-19-5-4-18(9)12-3-2-10(7-14)6-11(12)13(15,16)17/h2-3,6,9H,4-5,7-8H2,1H3. The molecule has 0 aliphatic carbocycles. The predicted octanol–water partition coefficient (Wildman–Crippen LogP) is 4.54. The molecule has 0 bridgehead atoms. The van der Waals surface area contributed by atoms with Gasteiger partial charge in [0.05, 0.1) is 5.56 Å². The first kappa shape index (κ1) is 15.0. The highest BCUT2D eigenvalue weighted by Gasteiger charge is 2.36. The Morgan fingerprint density at radius 1 is 1.42 bits per heavy atom. The number of thioether (sulfide) groups is 1. The van der Waals surface area contributed by atoms with Crippen molar-refractivity contribution in [1.82, 2.24) is 0 Å². The number of rotatable bonds is 2. The maximum Gasteiger partial charge on any atom is 0.418 e. The summed E-state index contributed by atoms with van der Waals surface area (Å²) in [5.41, 5.74) is 0.434. The molecule has 0 amide bonds. The van der Waals surface area contributed by atoms with Crippen LogP contribution in [0.3, 0.4) is 0 Å². The summed E-state index contributed by atoms with van der Waals surface area (Å²) in [5.74, 6) is 1.75. The average molecular weight is 354 g/mol. The van der Waals surface area contributed by atoms with Gasteiger partial charge in [-0.05, 0) is 24.6 Å². The molecular formula is C13H15BrF3NS. The van der Waals surface area contributed by atoms with Crippen LogP contribution in [0.25, 0.3) is 0 Å². The van der Waals surface area contributed by atoms with Crippen molar-refractivity contribution in [3.05, 3.63) is 29.3 Å². The van der Waals surface area contributed by atoms with Crippen LogP contribution < -0.4 is 4.90 Å². The summed E-state index contributed by atoms with van der Waals surface area (Å²) >= 11 is 5.00. The molecule has 19 heavy (non-hydrogen) atoms. The molecule has 0 saturated carbocycles. The molecular weight excluding hydrogens is 339 g/mol. The number of anilines is 1. The lowest BCUT2D eigenvalue weighted by Gasteiger charge is -2.36. The van der Waals surface area contributed by atoms with Crippen LogP contribution in [0.4, 0.5) is 18.9 Å². The summed E-state index contributed by atoms with van der Waals surface area (Å²) in [7, 11) is 0. The van der Waals surface area contributed by atoms with Crippen molar-refractivity contribution in [3.8, 4) is 0 Å². The van der Waals surface area contributed by atoms with Gasteiger partial charge in [-0.1, -0.05) is 22.0 Å². The van der Waals surface area contributed by atoms with Crippen LogP contribution in [0.5, 0.6) is 0 Å². The Kier molecular flexibility index (Phi) is 4.71. The van der Waals surface area contributed by atoms with Crippen molar-refractivity contribution in [3.63, 3.8) is 0 Å². The number of alkyl halides is 4. The van der Waals surface area contributed by atoms with E-state index in [-0.39, 0.29) is 6.04 Å². The van der Waals surface area contributed by atoms with E-state index in [1.54, 1.807) is 23.9 Å². The minimum absolute atomic E-state index is 0.134. The Morgan fingerprint density at radius 2 is 2.16 bits per heavy atom. The lowest BCUT2D eigenvalue weighted by molar-refractivity contribution is -0.137. The lowest BCUT2D eigenvalue weighted by Crippen LogP contribution is -2.41. The lowest BCUT2D eigenvalue weighted by atomic mass is 10.1. The third-order valence-electron chi connectivity index (χ3n) is 3.20. The molecule has 1 nitrogen and oxygen atoms in total. The van der Waals surface area contributed by atoms with E-state index in [1.807, 2.05) is 11.8 Å². The first-order valence-electron chi connectivity index (χ1n) is 6.04. The molecule has 1 saturated heterocycles. The second-order valence-corrected chi connectivity index (χ2v) is 6.31. The van der Waals surface area contributed by atoms with E-state index in [4.69, 9.17) is 0 Å². The van der Waals surface area contributed by atoms with Crippen molar-refractivity contribution in [2.75, 3.05) is 23.0 Å². The Morgan fingerprint density at radius 3 is 2.74 bits per heavy atom. The quantitative estimate of drug-likeness (QED) is 0.718. The number of hydrogen-bond donors (Lipinski definition) is 0. The molecule has 1 unspecified atom stereocenters. The number of benzene rings is 1. The van der Waals surface area contributed by atoms with Crippen LogP contribution in [0, 0.1) is 0 Å². The van der Waals surface area contributed by atoms with Gasteiger partial charge in [-0.3, -0.25) is 0 Å². The summed E-state index contributed by atoms with van der Waals surface area (Å²) in [6, 6.07) is 4.74. The molecule has 0 N–H and O–H groups in total. The largest absolute Gasteiger partial charge is 0.418 e. The second-order valence-electron chi connectivity index (χ2n) is 4.60. The maximum absolute atomic E-state index is 13.2. The van der Waals surface area contributed by atoms with Crippen molar-refractivity contribution in [2.24, 2.45) is 0 Å². The smallest absolute Gasteiger partial charge is 0.367 e. The highest BCUT2D eigenvalue weighted by molar-refractivity contribution is 9.08. The Bertz CT molecular complexity index is 450.